The first-order chi connectivity index (χ1) is 15.1. The molecule has 0 spiro atoms. The molecule has 1 aliphatic heterocycles. The number of anilines is 1. The van der Waals surface area contributed by atoms with Crippen molar-refractivity contribution in [2.45, 2.75) is 5.60 Å². The van der Waals surface area contributed by atoms with Gasteiger partial charge in [-0.05, 0) is 35.9 Å². The molecule has 5 heterocycles. The Hall–Kier alpha value is -3.88. The molecule has 150 valence electrons. The summed E-state index contributed by atoms with van der Waals surface area (Å²) in [7, 11) is 0. The van der Waals surface area contributed by atoms with Crippen molar-refractivity contribution in [2.24, 2.45) is 0 Å². The van der Waals surface area contributed by atoms with Crippen molar-refractivity contribution in [1.82, 2.24) is 19.9 Å². The van der Waals surface area contributed by atoms with Crippen LogP contribution in [-0.4, -0.2) is 30.9 Å². The highest BCUT2D eigenvalue weighted by atomic mass is 32.1. The predicted molar refractivity (Wildman–Crippen MR) is 119 cm³/mol. The summed E-state index contributed by atoms with van der Waals surface area (Å²) in [6, 6.07) is 14.6. The number of fused-ring (bicyclic) bond motifs is 2. The van der Waals surface area contributed by atoms with Gasteiger partial charge in [-0.2, -0.15) is 0 Å². The van der Waals surface area contributed by atoms with E-state index < -0.39 is 11.5 Å². The molecule has 1 atom stereocenters. The third kappa shape index (κ3) is 2.62. The van der Waals surface area contributed by atoms with Gasteiger partial charge in [0.15, 0.2) is 0 Å². The molecule has 31 heavy (non-hydrogen) atoms. The maximum absolute atomic E-state index is 12.7. The number of benzene rings is 1. The highest BCUT2D eigenvalue weighted by Crippen LogP contribution is 2.40. The number of aromatic amines is 1. The fraction of sp³-hybridized carbons (Fsp3) is 0.0435. The van der Waals surface area contributed by atoms with E-state index in [2.05, 4.69) is 20.3 Å². The lowest BCUT2D eigenvalue weighted by molar-refractivity contribution is -0.129. The molecule has 8 heteroatoms. The van der Waals surface area contributed by atoms with Gasteiger partial charge in [-0.15, -0.1) is 11.3 Å². The van der Waals surface area contributed by atoms with E-state index in [1.807, 2.05) is 35.8 Å². The molecule has 1 amide bonds. The molecule has 0 fully saturated rings. The van der Waals surface area contributed by atoms with Crippen molar-refractivity contribution in [3.05, 3.63) is 83.8 Å². The Bertz CT molecular complexity index is 1470. The first-order valence-corrected chi connectivity index (χ1v) is 10.5. The zero-order chi connectivity index (χ0) is 21.0. The standard InChI is InChI=1S/C23H15N5O2S/c29-22-23(30,19-17(28-22)7-3-8-24-19)14-5-1-4-13(10-14)18-12-31-21(27-18)16-11-26-20-15(16)6-2-9-25-20/h1-12,30H,(H,25,26)(H,28,29)/t23-/m1/s1. The number of nitrogens with zero attached hydrogens (tertiary/aromatic N) is 3. The molecule has 0 radical (unpaired) electrons. The molecular weight excluding hydrogens is 410 g/mol. The van der Waals surface area contributed by atoms with Crippen LogP contribution in [0.15, 0.2) is 72.5 Å². The monoisotopic (exact) mass is 425 g/mol. The molecule has 0 bridgehead atoms. The van der Waals surface area contributed by atoms with Gasteiger partial charge in [0.2, 0.25) is 5.60 Å². The number of carbonyl (C=O) groups is 1. The summed E-state index contributed by atoms with van der Waals surface area (Å²) in [5.41, 5.74) is 2.82. The van der Waals surface area contributed by atoms with Crippen molar-refractivity contribution in [1.29, 1.82) is 0 Å². The zero-order valence-electron chi connectivity index (χ0n) is 16.0. The average Bonchev–Trinajstić information content (AvgIpc) is 3.51. The number of hydrogen-bond donors (Lipinski definition) is 3. The molecule has 1 aliphatic rings. The first kappa shape index (κ1) is 17.9. The Morgan fingerprint density at radius 3 is 2.84 bits per heavy atom. The van der Waals surface area contributed by atoms with E-state index in [-0.39, 0.29) is 0 Å². The molecule has 1 aromatic carbocycles. The minimum absolute atomic E-state index is 0.308. The zero-order valence-corrected chi connectivity index (χ0v) is 16.9. The fourth-order valence-corrected chi connectivity index (χ4v) is 4.81. The summed E-state index contributed by atoms with van der Waals surface area (Å²) in [5.74, 6) is -0.511. The third-order valence-electron chi connectivity index (χ3n) is 5.49. The fourth-order valence-electron chi connectivity index (χ4n) is 3.95. The molecule has 6 rings (SSSR count). The molecule has 0 saturated carbocycles. The van der Waals surface area contributed by atoms with Crippen LogP contribution < -0.4 is 5.32 Å². The largest absolute Gasteiger partial charge is 0.370 e. The molecule has 3 N–H and O–H groups in total. The predicted octanol–water partition coefficient (Wildman–Crippen LogP) is 3.94. The molecule has 0 unspecified atom stereocenters. The van der Waals surface area contributed by atoms with E-state index >= 15 is 0 Å². The number of amides is 1. The highest BCUT2D eigenvalue weighted by molar-refractivity contribution is 7.13. The van der Waals surface area contributed by atoms with Crippen LogP contribution in [0.5, 0.6) is 0 Å². The number of aliphatic hydroxyl groups is 1. The Morgan fingerprint density at radius 1 is 1.03 bits per heavy atom. The van der Waals surface area contributed by atoms with Crippen molar-refractivity contribution >= 4 is 34.0 Å². The molecular formula is C23H15N5O2S. The second-order valence-corrected chi connectivity index (χ2v) is 8.14. The number of thiazole rings is 1. The van der Waals surface area contributed by atoms with Crippen LogP contribution in [0.2, 0.25) is 0 Å². The van der Waals surface area contributed by atoms with Gasteiger partial charge >= 0.3 is 0 Å². The lowest BCUT2D eigenvalue weighted by atomic mass is 9.89. The van der Waals surface area contributed by atoms with E-state index in [9.17, 15) is 9.90 Å². The minimum Gasteiger partial charge on any atom is -0.370 e. The van der Waals surface area contributed by atoms with E-state index in [0.717, 1.165) is 32.9 Å². The molecule has 0 aliphatic carbocycles. The minimum atomic E-state index is -1.84. The van der Waals surface area contributed by atoms with E-state index in [1.54, 1.807) is 36.7 Å². The van der Waals surface area contributed by atoms with Gasteiger partial charge < -0.3 is 15.4 Å². The van der Waals surface area contributed by atoms with Gasteiger partial charge in [0.1, 0.15) is 16.3 Å². The van der Waals surface area contributed by atoms with Crippen LogP contribution in [0, 0.1) is 0 Å². The van der Waals surface area contributed by atoms with Crippen molar-refractivity contribution in [3.8, 4) is 21.8 Å². The van der Waals surface area contributed by atoms with Crippen LogP contribution in [0.1, 0.15) is 11.3 Å². The van der Waals surface area contributed by atoms with Crippen LogP contribution in [-0.2, 0) is 10.4 Å². The maximum atomic E-state index is 12.7. The summed E-state index contributed by atoms with van der Waals surface area (Å²) >= 11 is 1.53. The quantitative estimate of drug-likeness (QED) is 0.406. The second kappa shape index (κ2) is 6.56. The van der Waals surface area contributed by atoms with Gasteiger partial charge in [-0.1, -0.05) is 18.2 Å². The topological polar surface area (TPSA) is 104 Å². The Balaban J connectivity index is 1.42. The Kier molecular flexibility index (Phi) is 3.80. The number of hydrogen-bond acceptors (Lipinski definition) is 6. The van der Waals surface area contributed by atoms with Gasteiger partial charge in [0.05, 0.1) is 11.4 Å². The van der Waals surface area contributed by atoms with Crippen molar-refractivity contribution in [2.75, 3.05) is 5.32 Å². The molecule has 7 nitrogen and oxygen atoms in total. The number of pyridine rings is 2. The van der Waals surface area contributed by atoms with Crippen LogP contribution in [0.25, 0.3) is 32.9 Å². The molecule has 0 saturated heterocycles. The normalized spacial score (nSPS) is 17.6. The SMILES string of the molecule is O=C1Nc2cccnc2[C@]1(O)c1cccc(-c2csc(-c3c[nH]c4ncccc34)n2)c1. The first-order valence-electron chi connectivity index (χ1n) is 9.63. The lowest BCUT2D eigenvalue weighted by Gasteiger charge is -2.20. The average molecular weight is 425 g/mol. The molecule has 4 aromatic heterocycles. The number of aromatic nitrogens is 4. The van der Waals surface area contributed by atoms with E-state index in [1.165, 1.54) is 11.3 Å². The maximum Gasteiger partial charge on any atom is 0.267 e. The highest BCUT2D eigenvalue weighted by Gasteiger charge is 2.48. The molecule has 5 aromatic rings. The van der Waals surface area contributed by atoms with Gasteiger partial charge in [0, 0.05) is 40.5 Å². The van der Waals surface area contributed by atoms with Crippen molar-refractivity contribution in [3.63, 3.8) is 0 Å². The summed E-state index contributed by atoms with van der Waals surface area (Å²) in [4.78, 5) is 29.2. The van der Waals surface area contributed by atoms with Crippen LogP contribution in [0.3, 0.4) is 0 Å². The smallest absolute Gasteiger partial charge is 0.267 e. The van der Waals surface area contributed by atoms with Gasteiger partial charge in [-0.3, -0.25) is 9.78 Å². The Morgan fingerprint density at radius 2 is 1.90 bits per heavy atom. The number of carbonyl (C=O) groups excluding carboxylic acids is 1. The number of rotatable bonds is 3. The van der Waals surface area contributed by atoms with E-state index in [0.29, 0.717) is 16.9 Å². The van der Waals surface area contributed by atoms with Gasteiger partial charge in [-0.25, -0.2) is 9.97 Å². The van der Waals surface area contributed by atoms with Crippen LogP contribution >= 0.6 is 11.3 Å². The third-order valence-corrected chi connectivity index (χ3v) is 6.36. The van der Waals surface area contributed by atoms with Crippen LogP contribution in [0.4, 0.5) is 5.69 Å². The number of nitrogens with one attached hydrogen (secondary N) is 2. The van der Waals surface area contributed by atoms with Gasteiger partial charge in [0.25, 0.3) is 5.91 Å². The lowest BCUT2D eigenvalue weighted by Crippen LogP contribution is -2.35. The second-order valence-electron chi connectivity index (χ2n) is 7.28. The number of H-pyrrole nitrogens is 1. The Labute approximate surface area is 180 Å². The summed E-state index contributed by atoms with van der Waals surface area (Å²) in [5, 5.41) is 17.9. The summed E-state index contributed by atoms with van der Waals surface area (Å²) in [6.45, 7) is 0. The summed E-state index contributed by atoms with van der Waals surface area (Å²) < 4.78 is 0. The summed E-state index contributed by atoms with van der Waals surface area (Å²) in [6.07, 6.45) is 5.22. The van der Waals surface area contributed by atoms with E-state index in [4.69, 9.17) is 4.98 Å². The van der Waals surface area contributed by atoms with Crippen molar-refractivity contribution < 1.29 is 9.90 Å².